The molecule has 2 saturated heterocycles. The maximum Gasteiger partial charge on any atom is 0.240 e. The molecule has 3 atom stereocenters. The van der Waals surface area contributed by atoms with E-state index in [1.54, 1.807) is 23.4 Å². The van der Waals surface area contributed by atoms with Gasteiger partial charge in [0.05, 0.1) is 12.1 Å². The molecule has 0 aliphatic carbocycles. The molecule has 7 heteroatoms. The summed E-state index contributed by atoms with van der Waals surface area (Å²) in [7, 11) is 0. The quantitative estimate of drug-likeness (QED) is 0.820. The molecule has 21 heavy (non-hydrogen) atoms. The molecular weight excluding hydrogens is 268 g/mol. The van der Waals surface area contributed by atoms with Crippen LogP contribution in [0.1, 0.15) is 19.3 Å². The van der Waals surface area contributed by atoms with Crippen molar-refractivity contribution in [3.8, 4) is 6.07 Å². The third-order valence-corrected chi connectivity index (χ3v) is 4.01. The summed E-state index contributed by atoms with van der Waals surface area (Å²) in [6.07, 6.45) is 5.75. The van der Waals surface area contributed by atoms with Gasteiger partial charge >= 0.3 is 0 Å². The second kappa shape index (κ2) is 6.06. The molecule has 2 fully saturated rings. The summed E-state index contributed by atoms with van der Waals surface area (Å²) >= 11 is 0. The number of carbonyl (C=O) groups is 1. The van der Waals surface area contributed by atoms with Gasteiger partial charge in [0.1, 0.15) is 6.04 Å². The van der Waals surface area contributed by atoms with Crippen LogP contribution in [0.15, 0.2) is 18.5 Å². The first kappa shape index (κ1) is 13.8. The highest BCUT2D eigenvalue weighted by Gasteiger charge is 2.37. The molecule has 0 bridgehead atoms. The van der Waals surface area contributed by atoms with Gasteiger partial charge in [-0.2, -0.15) is 5.26 Å². The molecule has 0 unspecified atom stereocenters. The molecular formula is C14H18N6O. The summed E-state index contributed by atoms with van der Waals surface area (Å²) in [5.41, 5.74) is 0. The van der Waals surface area contributed by atoms with E-state index >= 15 is 0 Å². The molecule has 0 radical (unpaired) electrons. The van der Waals surface area contributed by atoms with Gasteiger partial charge < -0.3 is 15.5 Å². The van der Waals surface area contributed by atoms with Gasteiger partial charge in [-0.3, -0.25) is 4.79 Å². The highest BCUT2D eigenvalue weighted by molar-refractivity contribution is 5.83. The van der Waals surface area contributed by atoms with Gasteiger partial charge in [-0.25, -0.2) is 9.97 Å². The summed E-state index contributed by atoms with van der Waals surface area (Å²) in [6, 6.07) is 3.62. The molecule has 1 aromatic heterocycles. The van der Waals surface area contributed by atoms with Gasteiger partial charge in [0.2, 0.25) is 11.9 Å². The Balaban J connectivity index is 1.57. The van der Waals surface area contributed by atoms with E-state index in [9.17, 15) is 4.79 Å². The normalized spacial score (nSPS) is 28.3. The topological polar surface area (TPSA) is 93.9 Å². The van der Waals surface area contributed by atoms with Crippen LogP contribution in [-0.4, -0.2) is 52.0 Å². The van der Waals surface area contributed by atoms with Crippen LogP contribution in [0, 0.1) is 11.3 Å². The minimum Gasteiger partial charge on any atom is -0.350 e. The smallest absolute Gasteiger partial charge is 0.240 e. The Morgan fingerprint density at radius 3 is 3.05 bits per heavy atom. The zero-order valence-electron chi connectivity index (χ0n) is 11.7. The van der Waals surface area contributed by atoms with E-state index < -0.39 is 0 Å². The Labute approximate surface area is 123 Å². The third-order valence-electron chi connectivity index (χ3n) is 4.01. The summed E-state index contributed by atoms with van der Waals surface area (Å²) in [6.45, 7) is 1.38. The van der Waals surface area contributed by atoms with Crippen LogP contribution < -0.4 is 10.6 Å². The van der Waals surface area contributed by atoms with Crippen LogP contribution >= 0.6 is 0 Å². The van der Waals surface area contributed by atoms with Gasteiger partial charge in [-0.15, -0.1) is 0 Å². The van der Waals surface area contributed by atoms with Crippen LogP contribution in [0.2, 0.25) is 0 Å². The van der Waals surface area contributed by atoms with E-state index in [2.05, 4.69) is 26.7 Å². The molecule has 7 nitrogen and oxygen atoms in total. The lowest BCUT2D eigenvalue weighted by molar-refractivity contribution is -0.133. The van der Waals surface area contributed by atoms with E-state index in [1.165, 1.54) is 0 Å². The highest BCUT2D eigenvalue weighted by Crippen LogP contribution is 2.20. The number of likely N-dealkylation sites (tertiary alicyclic amines) is 1. The molecule has 3 heterocycles. The molecule has 1 amide bonds. The van der Waals surface area contributed by atoms with Crippen molar-refractivity contribution >= 4 is 11.9 Å². The van der Waals surface area contributed by atoms with Gasteiger partial charge in [-0.05, 0) is 25.3 Å². The van der Waals surface area contributed by atoms with Gasteiger partial charge in [-0.1, -0.05) is 0 Å². The summed E-state index contributed by atoms with van der Waals surface area (Å²) in [4.78, 5) is 22.4. The van der Waals surface area contributed by atoms with Crippen LogP contribution in [0.3, 0.4) is 0 Å². The van der Waals surface area contributed by atoms with Crippen molar-refractivity contribution in [2.75, 3.05) is 18.4 Å². The molecule has 0 saturated carbocycles. The predicted octanol–water partition coefficient (Wildman–Crippen LogP) is 0.134. The standard InChI is InChI=1S/C14H18N6O/c15-8-11-3-1-6-20(11)13(21)12-7-10(9-18-12)19-14-16-4-2-5-17-14/h2,4-5,10-12,18H,1,3,6-7,9H2,(H,16,17,19)/t10-,11-,12-/m0/s1. The summed E-state index contributed by atoms with van der Waals surface area (Å²) in [5, 5.41) is 15.5. The number of nitrogens with one attached hydrogen (secondary N) is 2. The fourth-order valence-electron chi connectivity index (χ4n) is 2.95. The summed E-state index contributed by atoms with van der Waals surface area (Å²) in [5.74, 6) is 0.616. The van der Waals surface area contributed by atoms with Crippen LogP contribution in [0.25, 0.3) is 0 Å². The summed E-state index contributed by atoms with van der Waals surface area (Å²) < 4.78 is 0. The van der Waals surface area contributed by atoms with Crippen molar-refractivity contribution < 1.29 is 4.79 Å². The van der Waals surface area contributed by atoms with Crippen LogP contribution in [0.5, 0.6) is 0 Å². The molecule has 0 aromatic carbocycles. The van der Waals surface area contributed by atoms with Crippen molar-refractivity contribution in [1.29, 1.82) is 5.26 Å². The molecule has 3 rings (SSSR count). The Hall–Kier alpha value is -2.20. The Morgan fingerprint density at radius 1 is 1.48 bits per heavy atom. The fraction of sp³-hybridized carbons (Fsp3) is 0.571. The first-order chi connectivity index (χ1) is 10.3. The molecule has 0 spiro atoms. The number of aromatic nitrogens is 2. The molecule has 1 aromatic rings. The predicted molar refractivity (Wildman–Crippen MR) is 76.2 cm³/mol. The number of rotatable bonds is 3. The zero-order valence-corrected chi connectivity index (χ0v) is 11.7. The monoisotopic (exact) mass is 286 g/mol. The maximum absolute atomic E-state index is 12.5. The molecule has 2 N–H and O–H groups in total. The Kier molecular flexibility index (Phi) is 3.97. The lowest BCUT2D eigenvalue weighted by Crippen LogP contribution is -2.45. The lowest BCUT2D eigenvalue weighted by Gasteiger charge is -2.23. The van der Waals surface area contributed by atoms with Crippen molar-refractivity contribution in [2.24, 2.45) is 0 Å². The first-order valence-corrected chi connectivity index (χ1v) is 7.25. The maximum atomic E-state index is 12.5. The molecule has 110 valence electrons. The SMILES string of the molecule is N#C[C@@H]1CCCN1C(=O)[C@@H]1C[C@H](Nc2ncccn2)CN1. The third kappa shape index (κ3) is 2.95. The van der Waals surface area contributed by atoms with Gasteiger partial charge in [0, 0.05) is 31.5 Å². The number of hydrogen-bond donors (Lipinski definition) is 2. The molecule has 2 aliphatic heterocycles. The van der Waals surface area contributed by atoms with Crippen molar-refractivity contribution in [2.45, 2.75) is 37.4 Å². The minimum atomic E-state index is -0.260. The largest absolute Gasteiger partial charge is 0.350 e. The van der Waals surface area contributed by atoms with Crippen LogP contribution in [-0.2, 0) is 4.79 Å². The fourth-order valence-corrected chi connectivity index (χ4v) is 2.95. The number of hydrogen-bond acceptors (Lipinski definition) is 6. The zero-order chi connectivity index (χ0) is 14.7. The van der Waals surface area contributed by atoms with Gasteiger partial charge in [0.15, 0.2) is 0 Å². The number of amides is 1. The minimum absolute atomic E-state index is 0.0392. The van der Waals surface area contributed by atoms with E-state index in [0.717, 1.165) is 12.8 Å². The second-order valence-electron chi connectivity index (χ2n) is 5.43. The first-order valence-electron chi connectivity index (χ1n) is 7.25. The highest BCUT2D eigenvalue weighted by atomic mass is 16.2. The van der Waals surface area contributed by atoms with Crippen molar-refractivity contribution in [3.05, 3.63) is 18.5 Å². The van der Waals surface area contributed by atoms with E-state index in [1.807, 2.05) is 0 Å². The van der Waals surface area contributed by atoms with Crippen molar-refractivity contribution in [3.63, 3.8) is 0 Å². The Morgan fingerprint density at radius 2 is 2.29 bits per heavy atom. The van der Waals surface area contributed by atoms with E-state index in [-0.39, 0.29) is 24.0 Å². The number of nitriles is 1. The molecule has 2 aliphatic rings. The van der Waals surface area contributed by atoms with E-state index in [0.29, 0.717) is 25.5 Å². The average molecular weight is 286 g/mol. The number of nitrogens with zero attached hydrogens (tertiary/aromatic N) is 4. The van der Waals surface area contributed by atoms with Crippen molar-refractivity contribution in [1.82, 2.24) is 20.2 Å². The number of carbonyl (C=O) groups excluding carboxylic acids is 1. The van der Waals surface area contributed by atoms with E-state index in [4.69, 9.17) is 5.26 Å². The Bertz CT molecular complexity index is 542. The van der Waals surface area contributed by atoms with Gasteiger partial charge in [0.25, 0.3) is 0 Å². The lowest BCUT2D eigenvalue weighted by atomic mass is 10.1. The average Bonchev–Trinajstić information content (AvgIpc) is 3.16. The van der Waals surface area contributed by atoms with Crippen LogP contribution in [0.4, 0.5) is 5.95 Å². The second-order valence-corrected chi connectivity index (χ2v) is 5.43. The number of anilines is 1.